The van der Waals surface area contributed by atoms with E-state index in [0.717, 1.165) is 47.5 Å². The lowest BCUT2D eigenvalue weighted by molar-refractivity contribution is -0.124. The summed E-state index contributed by atoms with van der Waals surface area (Å²) in [6.45, 7) is 2.10. The highest BCUT2D eigenvalue weighted by atomic mass is 35.5. The van der Waals surface area contributed by atoms with E-state index >= 15 is 0 Å². The van der Waals surface area contributed by atoms with Gasteiger partial charge in [0.2, 0.25) is 5.91 Å². The first-order valence-electron chi connectivity index (χ1n) is 12.2. The van der Waals surface area contributed by atoms with Gasteiger partial charge in [-0.1, -0.05) is 17.7 Å². The van der Waals surface area contributed by atoms with Gasteiger partial charge in [0.1, 0.15) is 18.0 Å². The molecule has 0 atom stereocenters. The minimum absolute atomic E-state index is 0.110. The highest BCUT2D eigenvalue weighted by Gasteiger charge is 2.51. The molecule has 33 heavy (non-hydrogen) atoms. The van der Waals surface area contributed by atoms with Crippen molar-refractivity contribution in [2.24, 2.45) is 23.2 Å². The van der Waals surface area contributed by atoms with Crippen LogP contribution in [0.5, 0.6) is 0 Å². The molecule has 0 radical (unpaired) electrons. The molecule has 1 aromatic heterocycles. The molecule has 0 spiro atoms. The number of amides is 1. The Balaban J connectivity index is 1.12. The number of benzene rings is 1. The monoisotopic (exact) mass is 468 g/mol. The number of hydrogen-bond acceptors (Lipinski definition) is 4. The third kappa shape index (κ3) is 4.28. The van der Waals surface area contributed by atoms with E-state index < -0.39 is 0 Å². The molecular weight excluding hydrogens is 439 g/mol. The smallest absolute Gasteiger partial charge is 0.226 e. The van der Waals surface area contributed by atoms with Crippen LogP contribution in [0.4, 0.5) is 10.2 Å². The van der Waals surface area contributed by atoms with Crippen molar-refractivity contribution in [2.45, 2.75) is 64.5 Å². The zero-order chi connectivity index (χ0) is 22.6. The maximum atomic E-state index is 13.4. The van der Waals surface area contributed by atoms with Crippen LogP contribution in [0.15, 0.2) is 24.5 Å². The zero-order valence-corrected chi connectivity index (χ0v) is 19.6. The second kappa shape index (κ2) is 8.31. The number of fused-ring (bicyclic) bond motifs is 1. The summed E-state index contributed by atoms with van der Waals surface area (Å²) < 4.78 is 13.4. The van der Waals surface area contributed by atoms with Gasteiger partial charge in [-0.2, -0.15) is 0 Å². The lowest BCUT2D eigenvalue weighted by atomic mass is 9.49. The van der Waals surface area contributed by atoms with Crippen LogP contribution in [0.2, 0.25) is 5.02 Å². The molecule has 1 N–H and O–H groups in total. The van der Waals surface area contributed by atoms with E-state index in [-0.39, 0.29) is 17.1 Å². The number of carbonyl (C=O) groups is 1. The Morgan fingerprint density at radius 2 is 1.88 bits per heavy atom. The van der Waals surface area contributed by atoms with Gasteiger partial charge in [0.25, 0.3) is 0 Å². The van der Waals surface area contributed by atoms with Gasteiger partial charge in [-0.05, 0) is 85.8 Å². The minimum atomic E-state index is -0.325. The molecule has 7 heteroatoms. The average Bonchev–Trinajstić information content (AvgIpc) is 2.74. The van der Waals surface area contributed by atoms with Crippen LogP contribution in [0.3, 0.4) is 0 Å². The summed E-state index contributed by atoms with van der Waals surface area (Å²) in [6.07, 6.45) is 10.8. The SMILES string of the molecule is O=C(CC12CC3CC(CC(C3)C1)C2)Nc1ncnc2c1CCN(Cc1ccc(F)cc1Cl)C2. The van der Waals surface area contributed by atoms with Crippen molar-refractivity contribution in [3.05, 3.63) is 52.2 Å². The van der Waals surface area contributed by atoms with Crippen LogP contribution in [0.1, 0.15) is 61.8 Å². The number of anilines is 1. The van der Waals surface area contributed by atoms with Gasteiger partial charge in [0.15, 0.2) is 0 Å². The molecule has 4 saturated carbocycles. The van der Waals surface area contributed by atoms with Crippen LogP contribution in [-0.4, -0.2) is 27.3 Å². The summed E-state index contributed by atoms with van der Waals surface area (Å²) in [4.78, 5) is 24.3. The molecule has 5 aliphatic rings. The molecule has 1 amide bonds. The summed E-state index contributed by atoms with van der Waals surface area (Å²) in [7, 11) is 0. The Labute approximate surface area is 199 Å². The average molecular weight is 469 g/mol. The third-order valence-electron chi connectivity index (χ3n) is 8.45. The lowest BCUT2D eigenvalue weighted by Crippen LogP contribution is -2.47. The number of hydrogen-bond donors (Lipinski definition) is 1. The van der Waals surface area contributed by atoms with E-state index in [0.29, 0.717) is 30.4 Å². The summed E-state index contributed by atoms with van der Waals surface area (Å²) in [5.74, 6) is 2.99. The molecule has 4 aliphatic carbocycles. The van der Waals surface area contributed by atoms with Crippen LogP contribution < -0.4 is 5.32 Å². The fourth-order valence-corrected chi connectivity index (χ4v) is 7.79. The predicted octanol–water partition coefficient (Wildman–Crippen LogP) is 5.37. The van der Waals surface area contributed by atoms with Gasteiger partial charge in [-0.15, -0.1) is 0 Å². The Kier molecular flexibility index (Phi) is 5.41. The van der Waals surface area contributed by atoms with Crippen molar-refractivity contribution in [3.8, 4) is 0 Å². The number of aromatic nitrogens is 2. The zero-order valence-electron chi connectivity index (χ0n) is 18.8. The van der Waals surface area contributed by atoms with E-state index in [2.05, 4.69) is 20.2 Å². The molecule has 2 heterocycles. The van der Waals surface area contributed by atoms with Crippen molar-refractivity contribution >= 4 is 23.3 Å². The first-order valence-corrected chi connectivity index (χ1v) is 12.6. The molecule has 4 fully saturated rings. The molecule has 1 aromatic carbocycles. The molecule has 0 unspecified atom stereocenters. The van der Waals surface area contributed by atoms with Crippen molar-refractivity contribution in [2.75, 3.05) is 11.9 Å². The fourth-order valence-electron chi connectivity index (χ4n) is 7.57. The minimum Gasteiger partial charge on any atom is -0.310 e. The van der Waals surface area contributed by atoms with E-state index in [4.69, 9.17) is 11.6 Å². The predicted molar refractivity (Wildman–Crippen MR) is 125 cm³/mol. The van der Waals surface area contributed by atoms with Crippen LogP contribution in [-0.2, 0) is 24.3 Å². The number of nitrogens with one attached hydrogen (secondary N) is 1. The Morgan fingerprint density at radius 1 is 1.15 bits per heavy atom. The van der Waals surface area contributed by atoms with Gasteiger partial charge in [-0.3, -0.25) is 9.69 Å². The van der Waals surface area contributed by atoms with Gasteiger partial charge >= 0.3 is 0 Å². The maximum absolute atomic E-state index is 13.4. The van der Waals surface area contributed by atoms with E-state index in [1.165, 1.54) is 50.7 Å². The lowest BCUT2D eigenvalue weighted by Gasteiger charge is -2.56. The van der Waals surface area contributed by atoms with Crippen molar-refractivity contribution in [1.29, 1.82) is 0 Å². The van der Waals surface area contributed by atoms with Gasteiger partial charge < -0.3 is 5.32 Å². The fraction of sp³-hybridized carbons (Fsp3) is 0.577. The normalized spacial score (nSPS) is 30.3. The van der Waals surface area contributed by atoms with Crippen LogP contribution in [0.25, 0.3) is 0 Å². The van der Waals surface area contributed by atoms with Crippen LogP contribution >= 0.6 is 11.6 Å². The van der Waals surface area contributed by atoms with Gasteiger partial charge in [-0.25, -0.2) is 14.4 Å². The number of carbonyl (C=O) groups excluding carboxylic acids is 1. The third-order valence-corrected chi connectivity index (χ3v) is 8.81. The second-order valence-electron chi connectivity index (χ2n) is 11.0. The summed E-state index contributed by atoms with van der Waals surface area (Å²) in [5.41, 5.74) is 3.11. The number of nitrogens with zero attached hydrogens (tertiary/aromatic N) is 3. The Hall–Kier alpha value is -2.05. The topological polar surface area (TPSA) is 58.1 Å². The summed E-state index contributed by atoms with van der Waals surface area (Å²) in [5, 5.41) is 3.60. The molecule has 5 nitrogen and oxygen atoms in total. The van der Waals surface area contributed by atoms with Crippen molar-refractivity contribution in [1.82, 2.24) is 14.9 Å². The van der Waals surface area contributed by atoms with Gasteiger partial charge in [0, 0.05) is 36.6 Å². The number of rotatable bonds is 5. The highest BCUT2D eigenvalue weighted by Crippen LogP contribution is 2.61. The molecule has 1 aliphatic heterocycles. The van der Waals surface area contributed by atoms with E-state index in [9.17, 15) is 9.18 Å². The molecule has 4 bridgehead atoms. The summed E-state index contributed by atoms with van der Waals surface area (Å²) >= 11 is 6.22. The quantitative estimate of drug-likeness (QED) is 0.640. The second-order valence-corrected chi connectivity index (χ2v) is 11.4. The van der Waals surface area contributed by atoms with Gasteiger partial charge in [0.05, 0.1) is 5.69 Å². The van der Waals surface area contributed by atoms with Crippen molar-refractivity contribution in [3.63, 3.8) is 0 Å². The molecule has 2 aromatic rings. The Morgan fingerprint density at radius 3 is 2.58 bits per heavy atom. The largest absolute Gasteiger partial charge is 0.310 e. The first kappa shape index (κ1) is 21.5. The molecule has 174 valence electrons. The highest BCUT2D eigenvalue weighted by molar-refractivity contribution is 6.31. The van der Waals surface area contributed by atoms with E-state index in [1.807, 2.05) is 0 Å². The molecular formula is C26H30ClFN4O. The maximum Gasteiger partial charge on any atom is 0.226 e. The van der Waals surface area contributed by atoms with Crippen molar-refractivity contribution < 1.29 is 9.18 Å². The standard InChI is InChI=1S/C26H30ClFN4O/c27-22-8-20(28)2-1-19(22)13-32-4-3-21-23(14-32)29-15-30-25(21)31-24(33)12-26-9-16-5-17(10-26)7-18(6-16)11-26/h1-2,8,15-18H,3-7,9-14H2,(H,29,30,31,33). The van der Waals surface area contributed by atoms with Crippen LogP contribution in [0, 0.1) is 29.0 Å². The Bertz CT molecular complexity index is 1050. The molecule has 7 rings (SSSR count). The van der Waals surface area contributed by atoms with E-state index in [1.54, 1.807) is 12.4 Å². The summed E-state index contributed by atoms with van der Waals surface area (Å²) in [6, 6.07) is 4.54. The number of halogens is 2. The first-order chi connectivity index (χ1) is 15.9. The molecule has 0 saturated heterocycles.